The summed E-state index contributed by atoms with van der Waals surface area (Å²) in [5, 5.41) is 7.17. The molecule has 0 aliphatic carbocycles. The summed E-state index contributed by atoms with van der Waals surface area (Å²) in [6, 6.07) is 27.8. The monoisotopic (exact) mass is 516 g/mol. The van der Waals surface area contributed by atoms with E-state index in [1.807, 2.05) is 6.07 Å². The van der Waals surface area contributed by atoms with E-state index in [-0.39, 0.29) is 6.04 Å². The first-order chi connectivity index (χ1) is 17.6. The molecule has 0 saturated heterocycles. The Morgan fingerprint density at radius 2 is 1.24 bits per heavy atom. The van der Waals surface area contributed by atoms with Gasteiger partial charge in [0.25, 0.3) is 0 Å². The fraction of sp³-hybridized carbons (Fsp3) is 0.242. The molecule has 37 heavy (non-hydrogen) atoms. The third-order valence-corrected chi connectivity index (χ3v) is 7.54. The first kappa shape index (κ1) is 26.5. The highest BCUT2D eigenvalue weighted by Crippen LogP contribution is 2.35. The van der Waals surface area contributed by atoms with Crippen LogP contribution in [0.25, 0.3) is 6.08 Å². The van der Waals surface area contributed by atoms with Crippen LogP contribution in [0.15, 0.2) is 90.0 Å². The highest BCUT2D eigenvalue weighted by Gasteiger charge is 2.28. The smallest absolute Gasteiger partial charge is 0.129 e. The Balaban J connectivity index is 1.54. The molecule has 4 heteroatoms. The average Bonchev–Trinajstić information content (AvgIpc) is 3.30. The van der Waals surface area contributed by atoms with E-state index in [4.69, 9.17) is 5.10 Å². The summed E-state index contributed by atoms with van der Waals surface area (Å²) < 4.78 is 0. The van der Waals surface area contributed by atoms with Gasteiger partial charge in [-0.3, -0.25) is 5.01 Å². The first-order valence-corrected chi connectivity index (χ1v) is 19.9. The Morgan fingerprint density at radius 1 is 0.703 bits per heavy atom. The zero-order valence-electron chi connectivity index (χ0n) is 22.8. The van der Waals surface area contributed by atoms with Crippen molar-refractivity contribution in [2.45, 2.75) is 51.7 Å². The molecule has 1 aliphatic heterocycles. The Kier molecular flexibility index (Phi) is 8.03. The van der Waals surface area contributed by atoms with Crippen molar-refractivity contribution < 1.29 is 0 Å². The number of benzene rings is 3. The van der Waals surface area contributed by atoms with Crippen LogP contribution in [0.5, 0.6) is 0 Å². The van der Waals surface area contributed by atoms with Gasteiger partial charge in [-0.1, -0.05) is 99.7 Å². The van der Waals surface area contributed by atoms with E-state index >= 15 is 0 Å². The van der Waals surface area contributed by atoms with Crippen LogP contribution >= 0.6 is 0 Å². The van der Waals surface area contributed by atoms with Gasteiger partial charge >= 0.3 is 0 Å². The van der Waals surface area contributed by atoms with Gasteiger partial charge in [-0.25, -0.2) is 0 Å². The molecule has 1 atom stereocenters. The molecule has 0 fully saturated rings. The second kappa shape index (κ2) is 11.2. The third-order valence-electron chi connectivity index (χ3n) is 5.79. The van der Waals surface area contributed by atoms with Gasteiger partial charge in [-0.05, 0) is 53.6 Å². The van der Waals surface area contributed by atoms with Gasteiger partial charge in [-0.15, -0.1) is 11.1 Å². The lowest BCUT2D eigenvalue weighted by molar-refractivity contribution is 0.709. The highest BCUT2D eigenvalue weighted by atomic mass is 28.3. The molecule has 4 rings (SSSR count). The zero-order chi connectivity index (χ0) is 26.5. The topological polar surface area (TPSA) is 15.6 Å². The van der Waals surface area contributed by atoms with E-state index < -0.39 is 16.1 Å². The highest BCUT2D eigenvalue weighted by molar-refractivity contribution is 6.84. The van der Waals surface area contributed by atoms with Crippen molar-refractivity contribution >= 4 is 33.6 Å². The number of hydrogen-bond donors (Lipinski definition) is 0. The van der Waals surface area contributed by atoms with Crippen molar-refractivity contribution in [3.63, 3.8) is 0 Å². The zero-order valence-corrected chi connectivity index (χ0v) is 24.8. The first-order valence-electron chi connectivity index (χ1n) is 12.9. The maximum absolute atomic E-state index is 5.02. The molecule has 186 valence electrons. The number of nitrogens with zero attached hydrogens (tertiary/aromatic N) is 2. The Labute approximate surface area is 225 Å². The number of allylic oxidation sites excluding steroid dienone is 1. The molecule has 1 unspecified atom stereocenters. The van der Waals surface area contributed by atoms with Crippen LogP contribution in [0.4, 0.5) is 5.69 Å². The fourth-order valence-corrected chi connectivity index (χ4v) is 4.93. The molecule has 0 radical (unpaired) electrons. The largest absolute Gasteiger partial charge is 0.257 e. The van der Waals surface area contributed by atoms with Crippen LogP contribution in [0.1, 0.15) is 34.7 Å². The summed E-state index contributed by atoms with van der Waals surface area (Å²) in [6.07, 6.45) is 5.15. The van der Waals surface area contributed by atoms with Gasteiger partial charge in [0, 0.05) is 17.5 Å². The molecule has 1 heterocycles. The van der Waals surface area contributed by atoms with Gasteiger partial charge < -0.3 is 0 Å². The van der Waals surface area contributed by atoms with Gasteiger partial charge in [0.15, 0.2) is 0 Å². The minimum Gasteiger partial charge on any atom is -0.257 e. The molecule has 3 aromatic rings. The summed E-state index contributed by atoms with van der Waals surface area (Å²) in [5.74, 6) is 6.69. The van der Waals surface area contributed by atoms with Crippen LogP contribution in [0.3, 0.4) is 0 Å². The predicted molar refractivity (Wildman–Crippen MR) is 166 cm³/mol. The molecular weight excluding hydrogens is 481 g/mol. The fourth-order valence-electron chi connectivity index (χ4n) is 3.89. The number of anilines is 1. The van der Waals surface area contributed by atoms with E-state index in [0.29, 0.717) is 0 Å². The summed E-state index contributed by atoms with van der Waals surface area (Å²) in [4.78, 5) is 0. The minimum atomic E-state index is -1.40. The number of hydrazone groups is 1. The van der Waals surface area contributed by atoms with E-state index in [1.54, 1.807) is 0 Å². The van der Waals surface area contributed by atoms with E-state index in [1.165, 1.54) is 5.56 Å². The van der Waals surface area contributed by atoms with Crippen molar-refractivity contribution in [1.82, 2.24) is 0 Å². The SMILES string of the molecule is C[Si](C)(C)C#Cc1ccc(C=CC2=NN(c3ccccc3)C(c3ccc(C#C[Si](C)(C)C)cc3)C2)cc1. The standard InChI is InChI=1S/C33H36N2Si2/c1-36(2,3)24-22-28-14-12-27(13-15-28)18-21-31-26-33(35(34-31)32-10-8-7-9-11-32)30-19-16-29(17-20-30)23-25-37(4,5)6/h7-21,33H,26H2,1-6H3. The second-order valence-corrected chi connectivity index (χ2v) is 21.1. The quantitative estimate of drug-likeness (QED) is 0.252. The van der Waals surface area contributed by atoms with E-state index in [0.717, 1.165) is 34.5 Å². The van der Waals surface area contributed by atoms with Crippen LogP contribution in [0, 0.1) is 22.9 Å². The number of rotatable bonds is 4. The number of para-hydroxylation sites is 1. The van der Waals surface area contributed by atoms with Crippen LogP contribution < -0.4 is 5.01 Å². The summed E-state index contributed by atoms with van der Waals surface area (Å²) in [7, 11) is -2.77. The average molecular weight is 517 g/mol. The Bertz CT molecular complexity index is 1400. The molecule has 1 aliphatic rings. The molecule has 0 spiro atoms. The minimum absolute atomic E-state index is 0.153. The van der Waals surface area contributed by atoms with Crippen molar-refractivity contribution in [2.24, 2.45) is 5.10 Å². The summed E-state index contributed by atoms with van der Waals surface area (Å²) in [5.41, 5.74) is 13.6. The van der Waals surface area contributed by atoms with Gasteiger partial charge in [0.05, 0.1) is 17.4 Å². The number of hydrogen-bond acceptors (Lipinski definition) is 2. The third kappa shape index (κ3) is 7.95. The van der Waals surface area contributed by atoms with Crippen molar-refractivity contribution in [3.8, 4) is 22.9 Å². The van der Waals surface area contributed by atoms with Crippen molar-refractivity contribution in [2.75, 3.05) is 5.01 Å². The molecule has 0 saturated carbocycles. The van der Waals surface area contributed by atoms with Crippen LogP contribution in [0.2, 0.25) is 39.3 Å². The summed E-state index contributed by atoms with van der Waals surface area (Å²) in [6.45, 7) is 13.6. The lowest BCUT2D eigenvalue weighted by Gasteiger charge is -2.24. The van der Waals surface area contributed by atoms with Crippen molar-refractivity contribution in [1.29, 1.82) is 0 Å². The van der Waals surface area contributed by atoms with Crippen LogP contribution in [-0.2, 0) is 0 Å². The second-order valence-electron chi connectivity index (χ2n) is 11.6. The maximum Gasteiger partial charge on any atom is 0.129 e. The molecular formula is C33H36N2Si2. The Morgan fingerprint density at radius 3 is 1.78 bits per heavy atom. The maximum atomic E-state index is 5.02. The van der Waals surface area contributed by atoms with Gasteiger partial charge in [-0.2, -0.15) is 5.10 Å². The lowest BCUT2D eigenvalue weighted by atomic mass is 9.99. The van der Waals surface area contributed by atoms with Crippen molar-refractivity contribution in [3.05, 3.63) is 107 Å². The molecule has 0 amide bonds. The molecule has 0 bridgehead atoms. The molecule has 0 aromatic heterocycles. The lowest BCUT2D eigenvalue weighted by Crippen LogP contribution is -2.18. The normalized spacial score (nSPS) is 15.6. The molecule has 0 N–H and O–H groups in total. The van der Waals surface area contributed by atoms with E-state index in [9.17, 15) is 0 Å². The predicted octanol–water partition coefficient (Wildman–Crippen LogP) is 8.17. The van der Waals surface area contributed by atoms with Gasteiger partial charge in [0.1, 0.15) is 16.1 Å². The molecule has 2 nitrogen and oxygen atoms in total. The summed E-state index contributed by atoms with van der Waals surface area (Å²) >= 11 is 0. The van der Waals surface area contributed by atoms with Crippen LogP contribution in [-0.4, -0.2) is 21.9 Å². The Hall–Kier alpha value is -3.58. The molecule has 3 aromatic carbocycles. The van der Waals surface area contributed by atoms with E-state index in [2.05, 4.69) is 152 Å². The van der Waals surface area contributed by atoms with Gasteiger partial charge in [0.2, 0.25) is 0 Å².